The number of nitrogens with one attached hydrogen (secondary N) is 2. The van der Waals surface area contributed by atoms with E-state index in [2.05, 4.69) is 10.9 Å². The third-order valence-electron chi connectivity index (χ3n) is 5.35. The van der Waals surface area contributed by atoms with Gasteiger partial charge in [-0.15, -0.1) is 0 Å². The second-order valence-electron chi connectivity index (χ2n) is 7.84. The highest BCUT2D eigenvalue weighted by molar-refractivity contribution is 7.89. The van der Waals surface area contributed by atoms with Gasteiger partial charge in [0.05, 0.1) is 29.8 Å². The van der Waals surface area contributed by atoms with Gasteiger partial charge in [-0.2, -0.15) is 4.31 Å². The summed E-state index contributed by atoms with van der Waals surface area (Å²) in [5, 5.41) is 0.734. The first-order valence-corrected chi connectivity index (χ1v) is 11.9. The number of carbonyl (C=O) groups excluding carboxylic acids is 2. The van der Waals surface area contributed by atoms with Crippen LogP contribution in [0.1, 0.15) is 21.7 Å². The van der Waals surface area contributed by atoms with E-state index >= 15 is 0 Å². The maximum absolute atomic E-state index is 13.2. The van der Waals surface area contributed by atoms with Crippen molar-refractivity contribution in [1.29, 1.82) is 0 Å². The Balaban J connectivity index is 1.49. The number of hydrogen-bond acceptors (Lipinski definition) is 5. The summed E-state index contributed by atoms with van der Waals surface area (Å²) in [6.45, 7) is 1.18. The van der Waals surface area contributed by atoms with E-state index in [1.54, 1.807) is 30.5 Å². The van der Waals surface area contributed by atoms with E-state index in [0.717, 1.165) is 20.8 Å². The van der Waals surface area contributed by atoms with E-state index in [-0.39, 0.29) is 11.4 Å². The molecule has 176 valence electrons. The first kappa shape index (κ1) is 23.3. The summed E-state index contributed by atoms with van der Waals surface area (Å²) in [5.41, 5.74) is 6.85. The molecule has 0 fully saturated rings. The van der Waals surface area contributed by atoms with Gasteiger partial charge in [0.25, 0.3) is 11.8 Å². The van der Waals surface area contributed by atoms with Gasteiger partial charge in [-0.25, -0.2) is 8.42 Å². The number of aromatic nitrogens is 1. The number of para-hydroxylation sites is 1. The van der Waals surface area contributed by atoms with Gasteiger partial charge in [0.15, 0.2) is 0 Å². The van der Waals surface area contributed by atoms with Crippen molar-refractivity contribution in [2.45, 2.75) is 18.4 Å². The molecule has 9 nitrogen and oxygen atoms in total. The fourth-order valence-electron chi connectivity index (χ4n) is 3.58. The Labute approximate surface area is 197 Å². The first-order chi connectivity index (χ1) is 16.3. The molecule has 10 heteroatoms. The van der Waals surface area contributed by atoms with E-state index < -0.39 is 28.4 Å². The third-order valence-corrected chi connectivity index (χ3v) is 7.15. The van der Waals surface area contributed by atoms with Gasteiger partial charge in [0.2, 0.25) is 10.0 Å². The van der Waals surface area contributed by atoms with Crippen molar-refractivity contribution in [2.75, 3.05) is 6.54 Å². The molecule has 0 aliphatic carbocycles. The Morgan fingerprint density at radius 1 is 1.00 bits per heavy atom. The quantitative estimate of drug-likeness (QED) is 0.395. The Kier molecular flexibility index (Phi) is 6.53. The maximum atomic E-state index is 13.2. The lowest BCUT2D eigenvalue weighted by Gasteiger charge is -2.21. The molecule has 0 aliphatic heterocycles. The zero-order valence-corrected chi connectivity index (χ0v) is 19.5. The van der Waals surface area contributed by atoms with Crippen LogP contribution in [0, 0.1) is 6.92 Å². The molecule has 2 aromatic heterocycles. The second-order valence-corrected chi connectivity index (χ2v) is 9.78. The van der Waals surface area contributed by atoms with Crippen molar-refractivity contribution in [2.24, 2.45) is 7.05 Å². The van der Waals surface area contributed by atoms with Gasteiger partial charge < -0.3 is 8.98 Å². The lowest BCUT2D eigenvalue weighted by atomic mass is 10.2. The molecule has 0 aliphatic rings. The van der Waals surface area contributed by atoms with Crippen molar-refractivity contribution in [1.82, 2.24) is 19.7 Å². The fraction of sp³-hybridized carbons (Fsp3) is 0.167. The molecular weight excluding hydrogens is 456 g/mol. The fourth-order valence-corrected chi connectivity index (χ4v) is 4.94. The zero-order valence-electron chi connectivity index (χ0n) is 18.7. The first-order valence-electron chi connectivity index (χ1n) is 10.5. The molecule has 0 unspecified atom stereocenters. The molecule has 4 rings (SSSR count). The minimum absolute atomic E-state index is 0.0530. The lowest BCUT2D eigenvalue weighted by molar-refractivity contribution is -0.122. The van der Waals surface area contributed by atoms with Crippen LogP contribution in [-0.4, -0.2) is 35.6 Å². The molecule has 0 saturated carbocycles. The van der Waals surface area contributed by atoms with Crippen molar-refractivity contribution in [3.8, 4) is 0 Å². The molecule has 0 saturated heterocycles. The van der Waals surface area contributed by atoms with Crippen molar-refractivity contribution in [3.05, 3.63) is 90.0 Å². The average molecular weight is 481 g/mol. The number of hydrogen-bond donors (Lipinski definition) is 2. The molecule has 2 N–H and O–H groups in total. The number of amides is 2. The summed E-state index contributed by atoms with van der Waals surface area (Å²) in [7, 11) is -2.19. The van der Waals surface area contributed by atoms with Gasteiger partial charge in [0.1, 0.15) is 5.76 Å². The van der Waals surface area contributed by atoms with Crippen molar-refractivity contribution >= 4 is 32.7 Å². The number of hydrazine groups is 1. The molecule has 0 atom stereocenters. The van der Waals surface area contributed by atoms with Crippen molar-refractivity contribution in [3.63, 3.8) is 0 Å². The van der Waals surface area contributed by atoms with Crippen molar-refractivity contribution < 1.29 is 22.4 Å². The second kappa shape index (κ2) is 9.54. The number of aryl methyl sites for hydroxylation is 2. The number of fused-ring (bicyclic) bond motifs is 1. The molecule has 34 heavy (non-hydrogen) atoms. The highest BCUT2D eigenvalue weighted by Gasteiger charge is 2.28. The van der Waals surface area contributed by atoms with Gasteiger partial charge in [-0.1, -0.05) is 35.9 Å². The van der Waals surface area contributed by atoms with Crippen LogP contribution >= 0.6 is 0 Å². The third kappa shape index (κ3) is 4.87. The summed E-state index contributed by atoms with van der Waals surface area (Å²) < 4.78 is 34.5. The van der Waals surface area contributed by atoms with Gasteiger partial charge in [0, 0.05) is 24.1 Å². The van der Waals surface area contributed by atoms with Crippen LogP contribution in [0.3, 0.4) is 0 Å². The standard InChI is InChI=1S/C24H24N4O5S/c1-17-9-11-19(12-10-17)34(31,32)28(14-18-6-5-13-33-18)16-23(29)25-26-24(30)21-15-27(2)22-8-4-3-7-20(21)22/h3-13,15H,14,16H2,1-2H3,(H,25,29)(H,26,30). The normalized spacial score (nSPS) is 11.6. The number of furan rings is 1. The van der Waals surface area contributed by atoms with Crippen LogP contribution in [0.2, 0.25) is 0 Å². The van der Waals surface area contributed by atoms with E-state index in [4.69, 9.17) is 4.42 Å². The largest absolute Gasteiger partial charge is 0.468 e. The molecule has 2 heterocycles. The SMILES string of the molecule is Cc1ccc(S(=O)(=O)N(CC(=O)NNC(=O)c2cn(C)c3ccccc23)Cc2ccco2)cc1. The zero-order chi connectivity index (χ0) is 24.3. The number of nitrogens with zero attached hydrogens (tertiary/aromatic N) is 2. The van der Waals surface area contributed by atoms with Gasteiger partial charge in [-0.05, 0) is 37.3 Å². The highest BCUT2D eigenvalue weighted by Crippen LogP contribution is 2.21. The van der Waals surface area contributed by atoms with Gasteiger partial charge >= 0.3 is 0 Å². The lowest BCUT2D eigenvalue weighted by Crippen LogP contribution is -2.47. The topological polar surface area (TPSA) is 114 Å². The summed E-state index contributed by atoms with van der Waals surface area (Å²) in [4.78, 5) is 25.4. The Hall–Kier alpha value is -3.89. The van der Waals surface area contributed by atoms with E-state index in [0.29, 0.717) is 11.3 Å². The van der Waals surface area contributed by atoms with Crippen LogP contribution in [0.25, 0.3) is 10.9 Å². The van der Waals surface area contributed by atoms with E-state index in [1.165, 1.54) is 18.4 Å². The number of sulfonamides is 1. The Morgan fingerprint density at radius 3 is 2.44 bits per heavy atom. The molecule has 4 aromatic rings. The summed E-state index contributed by atoms with van der Waals surface area (Å²) in [6, 6.07) is 17.0. The molecule has 0 radical (unpaired) electrons. The molecule has 0 spiro atoms. The van der Waals surface area contributed by atoms with E-state index in [1.807, 2.05) is 42.8 Å². The summed E-state index contributed by atoms with van der Waals surface area (Å²) in [6.07, 6.45) is 3.09. The number of benzene rings is 2. The predicted molar refractivity (Wildman–Crippen MR) is 126 cm³/mol. The predicted octanol–water partition coefficient (Wildman–Crippen LogP) is 2.73. The maximum Gasteiger partial charge on any atom is 0.271 e. The Bertz CT molecular complexity index is 1420. The molecule has 0 bridgehead atoms. The number of rotatable bonds is 7. The molecule has 2 aromatic carbocycles. The van der Waals surface area contributed by atoms with Crippen LogP contribution in [-0.2, 0) is 28.4 Å². The average Bonchev–Trinajstić information content (AvgIpc) is 3.45. The number of carbonyl (C=O) groups is 2. The molecular formula is C24H24N4O5S. The van der Waals surface area contributed by atoms with Crippen LogP contribution < -0.4 is 10.9 Å². The van der Waals surface area contributed by atoms with E-state index in [9.17, 15) is 18.0 Å². The Morgan fingerprint density at radius 2 is 1.74 bits per heavy atom. The minimum Gasteiger partial charge on any atom is -0.468 e. The molecule has 2 amide bonds. The monoisotopic (exact) mass is 480 g/mol. The summed E-state index contributed by atoms with van der Waals surface area (Å²) >= 11 is 0. The van der Waals surface area contributed by atoms with Gasteiger partial charge in [-0.3, -0.25) is 20.4 Å². The van der Waals surface area contributed by atoms with Crippen LogP contribution in [0.4, 0.5) is 0 Å². The van der Waals surface area contributed by atoms with Crippen LogP contribution in [0.15, 0.2) is 82.4 Å². The highest BCUT2D eigenvalue weighted by atomic mass is 32.2. The van der Waals surface area contributed by atoms with Crippen LogP contribution in [0.5, 0.6) is 0 Å². The summed E-state index contributed by atoms with van der Waals surface area (Å²) in [5.74, 6) is -0.830. The minimum atomic E-state index is -4.01. The smallest absolute Gasteiger partial charge is 0.271 e.